The van der Waals surface area contributed by atoms with Gasteiger partial charge in [0.05, 0.1) is 17.6 Å². The van der Waals surface area contributed by atoms with Gasteiger partial charge in [-0.3, -0.25) is 4.98 Å². The third-order valence-electron chi connectivity index (χ3n) is 2.28. The van der Waals surface area contributed by atoms with Crippen LogP contribution in [0.1, 0.15) is 18.3 Å². The molecule has 0 aromatic carbocycles. The summed E-state index contributed by atoms with van der Waals surface area (Å²) in [6.07, 6.45) is -2.00. The van der Waals surface area contributed by atoms with E-state index < -0.39 is 6.36 Å². The van der Waals surface area contributed by atoms with Crippen LogP contribution >= 0.6 is 11.3 Å². The first kappa shape index (κ1) is 14.3. The standard InChI is InChI=1S/C12H10F3N3OS/c1-7(10-6-20-11(16)18-10)4-8-2-3-9(5-17-8)19-12(13,14)15/h2-6H,1H3,(H2,16,18)/b7-4+. The summed E-state index contributed by atoms with van der Waals surface area (Å²) in [5, 5.41) is 2.25. The molecule has 20 heavy (non-hydrogen) atoms. The summed E-state index contributed by atoms with van der Waals surface area (Å²) in [6.45, 7) is 1.82. The number of halogens is 3. The van der Waals surface area contributed by atoms with Crippen LogP contribution in [0.3, 0.4) is 0 Å². The number of pyridine rings is 1. The number of nitrogen functional groups attached to an aromatic ring is 1. The number of nitrogens with two attached hydrogens (primary N) is 1. The molecule has 0 saturated heterocycles. The van der Waals surface area contributed by atoms with Crippen molar-refractivity contribution >= 4 is 28.1 Å². The molecule has 0 aliphatic heterocycles. The third kappa shape index (κ3) is 3.95. The van der Waals surface area contributed by atoms with E-state index in [1.807, 2.05) is 6.92 Å². The van der Waals surface area contributed by atoms with Gasteiger partial charge in [0, 0.05) is 5.38 Å². The Morgan fingerprint density at radius 3 is 2.65 bits per heavy atom. The molecule has 2 heterocycles. The first-order chi connectivity index (χ1) is 9.33. The second-order valence-corrected chi connectivity index (χ2v) is 4.75. The summed E-state index contributed by atoms with van der Waals surface area (Å²) in [5.41, 5.74) is 7.56. The van der Waals surface area contributed by atoms with Gasteiger partial charge in [-0.15, -0.1) is 24.5 Å². The number of nitrogens with zero attached hydrogens (tertiary/aromatic N) is 2. The average molecular weight is 301 g/mol. The first-order valence-electron chi connectivity index (χ1n) is 5.45. The second kappa shape index (κ2) is 5.49. The minimum absolute atomic E-state index is 0.356. The van der Waals surface area contributed by atoms with E-state index in [0.29, 0.717) is 16.5 Å². The summed E-state index contributed by atoms with van der Waals surface area (Å²) in [4.78, 5) is 7.98. The number of alkyl halides is 3. The van der Waals surface area contributed by atoms with Gasteiger partial charge in [0.2, 0.25) is 0 Å². The first-order valence-corrected chi connectivity index (χ1v) is 6.33. The van der Waals surface area contributed by atoms with Gasteiger partial charge in [-0.1, -0.05) is 0 Å². The van der Waals surface area contributed by atoms with E-state index in [1.165, 1.54) is 23.5 Å². The van der Waals surface area contributed by atoms with E-state index in [1.54, 1.807) is 11.5 Å². The van der Waals surface area contributed by atoms with Gasteiger partial charge < -0.3 is 10.5 Å². The van der Waals surface area contributed by atoms with Crippen LogP contribution in [0, 0.1) is 0 Å². The van der Waals surface area contributed by atoms with Crippen LogP contribution in [0.2, 0.25) is 0 Å². The summed E-state index contributed by atoms with van der Waals surface area (Å²) < 4.78 is 39.7. The van der Waals surface area contributed by atoms with Gasteiger partial charge in [0.1, 0.15) is 5.75 Å². The van der Waals surface area contributed by atoms with Gasteiger partial charge in [0.15, 0.2) is 5.13 Å². The molecule has 0 atom stereocenters. The molecular formula is C12H10F3N3OS. The maximum Gasteiger partial charge on any atom is 0.573 e. The van der Waals surface area contributed by atoms with Crippen molar-refractivity contribution in [3.63, 3.8) is 0 Å². The Kier molecular flexibility index (Phi) is 3.93. The van der Waals surface area contributed by atoms with Crippen molar-refractivity contribution in [2.24, 2.45) is 0 Å². The van der Waals surface area contributed by atoms with Gasteiger partial charge >= 0.3 is 6.36 Å². The number of anilines is 1. The molecule has 2 aromatic rings. The van der Waals surface area contributed by atoms with Crippen LogP contribution < -0.4 is 10.5 Å². The molecule has 106 valence electrons. The Morgan fingerprint density at radius 2 is 2.15 bits per heavy atom. The van der Waals surface area contributed by atoms with Crippen molar-refractivity contribution in [3.8, 4) is 5.75 Å². The molecule has 2 aromatic heterocycles. The van der Waals surface area contributed by atoms with Crippen molar-refractivity contribution in [3.05, 3.63) is 35.1 Å². The Labute approximate surface area is 116 Å². The van der Waals surface area contributed by atoms with Crippen molar-refractivity contribution < 1.29 is 17.9 Å². The van der Waals surface area contributed by atoms with Crippen LogP contribution in [0.15, 0.2) is 23.7 Å². The fraction of sp³-hybridized carbons (Fsp3) is 0.167. The van der Waals surface area contributed by atoms with Crippen molar-refractivity contribution in [2.45, 2.75) is 13.3 Å². The molecule has 0 fully saturated rings. The zero-order valence-electron chi connectivity index (χ0n) is 10.3. The van der Waals surface area contributed by atoms with Crippen LogP contribution in [0.25, 0.3) is 11.6 Å². The monoisotopic (exact) mass is 301 g/mol. The van der Waals surface area contributed by atoms with Gasteiger partial charge in [-0.2, -0.15) is 0 Å². The minimum Gasteiger partial charge on any atom is -0.404 e. The molecular weight excluding hydrogens is 291 g/mol. The molecule has 2 rings (SSSR count). The van der Waals surface area contributed by atoms with E-state index in [-0.39, 0.29) is 5.75 Å². The summed E-state index contributed by atoms with van der Waals surface area (Å²) >= 11 is 1.31. The SMILES string of the molecule is C/C(=C\c1ccc(OC(F)(F)F)cn1)c1csc(N)n1. The molecule has 0 bridgehead atoms. The highest BCUT2D eigenvalue weighted by Gasteiger charge is 2.31. The lowest BCUT2D eigenvalue weighted by atomic mass is 10.2. The maximum absolute atomic E-state index is 12.0. The molecule has 0 aliphatic rings. The van der Waals surface area contributed by atoms with Gasteiger partial charge in [-0.25, -0.2) is 4.98 Å². The number of aromatic nitrogens is 2. The summed E-state index contributed by atoms with van der Waals surface area (Å²) in [6, 6.07) is 2.63. The molecule has 4 nitrogen and oxygen atoms in total. The predicted molar refractivity (Wildman–Crippen MR) is 71.0 cm³/mol. The predicted octanol–water partition coefficient (Wildman–Crippen LogP) is 3.58. The van der Waals surface area contributed by atoms with Crippen LogP contribution in [-0.2, 0) is 0 Å². The maximum atomic E-state index is 12.0. The number of hydrogen-bond donors (Lipinski definition) is 1. The average Bonchev–Trinajstić information content (AvgIpc) is 2.77. The molecule has 0 radical (unpaired) electrons. The van der Waals surface area contributed by atoms with Crippen LogP contribution in [0.4, 0.5) is 18.3 Å². The number of rotatable bonds is 3. The third-order valence-corrected chi connectivity index (χ3v) is 2.96. The van der Waals surface area contributed by atoms with E-state index in [9.17, 15) is 13.2 Å². The molecule has 0 amide bonds. The molecule has 0 spiro atoms. The lowest BCUT2D eigenvalue weighted by molar-refractivity contribution is -0.274. The van der Waals surface area contributed by atoms with E-state index in [2.05, 4.69) is 14.7 Å². The quantitative estimate of drug-likeness (QED) is 0.941. The van der Waals surface area contributed by atoms with Gasteiger partial charge in [-0.05, 0) is 30.7 Å². The van der Waals surface area contributed by atoms with E-state index >= 15 is 0 Å². The highest BCUT2D eigenvalue weighted by molar-refractivity contribution is 7.13. The van der Waals surface area contributed by atoms with Gasteiger partial charge in [0.25, 0.3) is 0 Å². The van der Waals surface area contributed by atoms with Crippen LogP contribution in [0.5, 0.6) is 5.75 Å². The lowest BCUT2D eigenvalue weighted by Gasteiger charge is -2.08. The molecule has 0 unspecified atom stereocenters. The van der Waals surface area contributed by atoms with E-state index in [0.717, 1.165) is 11.8 Å². The zero-order valence-corrected chi connectivity index (χ0v) is 11.1. The fourth-order valence-electron chi connectivity index (χ4n) is 1.44. The largest absolute Gasteiger partial charge is 0.573 e. The number of allylic oxidation sites excluding steroid dienone is 1. The summed E-state index contributed by atoms with van der Waals surface area (Å²) in [7, 11) is 0. The molecule has 0 aliphatic carbocycles. The Balaban J connectivity index is 2.14. The molecule has 2 N–H and O–H groups in total. The summed E-state index contributed by atoms with van der Waals surface area (Å²) in [5.74, 6) is -0.356. The molecule has 8 heteroatoms. The number of thiazole rings is 1. The van der Waals surface area contributed by atoms with Crippen molar-refractivity contribution in [2.75, 3.05) is 5.73 Å². The number of ether oxygens (including phenoxy) is 1. The number of hydrogen-bond acceptors (Lipinski definition) is 5. The van der Waals surface area contributed by atoms with Crippen LogP contribution in [-0.4, -0.2) is 16.3 Å². The molecule has 0 saturated carbocycles. The lowest BCUT2D eigenvalue weighted by Crippen LogP contribution is -2.17. The highest BCUT2D eigenvalue weighted by atomic mass is 32.1. The van der Waals surface area contributed by atoms with Crippen molar-refractivity contribution in [1.29, 1.82) is 0 Å². The minimum atomic E-state index is -4.72. The topological polar surface area (TPSA) is 61.0 Å². The second-order valence-electron chi connectivity index (χ2n) is 3.86. The smallest absolute Gasteiger partial charge is 0.404 e. The highest BCUT2D eigenvalue weighted by Crippen LogP contribution is 2.23. The van der Waals surface area contributed by atoms with Crippen molar-refractivity contribution in [1.82, 2.24) is 9.97 Å². The fourth-order valence-corrected chi connectivity index (χ4v) is 2.06. The Morgan fingerprint density at radius 1 is 1.40 bits per heavy atom. The zero-order chi connectivity index (χ0) is 14.8. The van der Waals surface area contributed by atoms with E-state index in [4.69, 9.17) is 5.73 Å². The normalized spacial score (nSPS) is 12.5. The Hall–Kier alpha value is -2.09. The Bertz CT molecular complexity index is 620.